The van der Waals surface area contributed by atoms with Crippen LogP contribution in [-0.2, 0) is 9.31 Å². The molecule has 1 aliphatic rings. The Kier molecular flexibility index (Phi) is 3.18. The first kappa shape index (κ1) is 14.3. The molecule has 6 heteroatoms. The number of ether oxygens (including phenoxy) is 1. The van der Waals surface area contributed by atoms with E-state index in [0.717, 1.165) is 16.5 Å². The summed E-state index contributed by atoms with van der Waals surface area (Å²) in [5.41, 5.74) is 1.83. The molecular formula is C15H19BN2O3. The molecule has 0 spiro atoms. The Morgan fingerprint density at radius 3 is 2.33 bits per heavy atom. The van der Waals surface area contributed by atoms with Crippen LogP contribution in [0.5, 0.6) is 5.88 Å². The summed E-state index contributed by atoms with van der Waals surface area (Å²) in [4.78, 5) is 8.71. The fourth-order valence-corrected chi connectivity index (χ4v) is 2.23. The Labute approximate surface area is 124 Å². The highest BCUT2D eigenvalue weighted by Gasteiger charge is 2.51. The van der Waals surface area contributed by atoms with Crippen LogP contribution in [0.4, 0.5) is 0 Å². The van der Waals surface area contributed by atoms with Crippen LogP contribution in [0.2, 0.25) is 0 Å². The summed E-state index contributed by atoms with van der Waals surface area (Å²) in [6.07, 6.45) is 1.61. The summed E-state index contributed by atoms with van der Waals surface area (Å²) in [7, 11) is 1.19. The molecular weight excluding hydrogens is 267 g/mol. The molecule has 0 radical (unpaired) electrons. The molecule has 1 aliphatic heterocycles. The van der Waals surface area contributed by atoms with Crippen molar-refractivity contribution >= 4 is 23.6 Å². The number of hydrogen-bond acceptors (Lipinski definition) is 5. The topological polar surface area (TPSA) is 53.5 Å². The van der Waals surface area contributed by atoms with Crippen molar-refractivity contribution in [3.8, 4) is 5.88 Å². The second kappa shape index (κ2) is 4.68. The van der Waals surface area contributed by atoms with Crippen molar-refractivity contribution in [1.82, 2.24) is 9.97 Å². The lowest BCUT2D eigenvalue weighted by Crippen LogP contribution is -2.41. The third-order valence-corrected chi connectivity index (χ3v) is 4.28. The molecule has 110 valence electrons. The van der Waals surface area contributed by atoms with E-state index < -0.39 is 0 Å². The average Bonchev–Trinajstić information content (AvgIpc) is 2.66. The number of benzene rings is 1. The third-order valence-electron chi connectivity index (χ3n) is 4.28. The first-order chi connectivity index (χ1) is 9.82. The fourth-order valence-electron chi connectivity index (χ4n) is 2.23. The van der Waals surface area contributed by atoms with Gasteiger partial charge in [-0.15, -0.1) is 0 Å². The van der Waals surface area contributed by atoms with Crippen LogP contribution in [-0.4, -0.2) is 35.4 Å². The van der Waals surface area contributed by atoms with Crippen molar-refractivity contribution in [2.45, 2.75) is 38.9 Å². The van der Waals surface area contributed by atoms with E-state index in [4.69, 9.17) is 14.0 Å². The van der Waals surface area contributed by atoms with E-state index in [-0.39, 0.29) is 18.3 Å². The summed E-state index contributed by atoms with van der Waals surface area (Å²) in [5, 5.41) is 0. The number of fused-ring (bicyclic) bond motifs is 1. The van der Waals surface area contributed by atoms with Gasteiger partial charge in [0.15, 0.2) is 0 Å². The van der Waals surface area contributed by atoms with E-state index >= 15 is 0 Å². The molecule has 1 fully saturated rings. The van der Waals surface area contributed by atoms with Gasteiger partial charge in [-0.05, 0) is 45.3 Å². The number of nitrogens with zero attached hydrogens (tertiary/aromatic N) is 2. The van der Waals surface area contributed by atoms with Gasteiger partial charge in [-0.3, -0.25) is 0 Å². The number of methoxy groups -OCH3 is 1. The van der Waals surface area contributed by atoms with E-state index in [0.29, 0.717) is 5.88 Å². The molecule has 0 unspecified atom stereocenters. The standard InChI is InChI=1S/C15H19BN2O3/c1-14(2)15(3,4)21-16(20-14)10-6-7-11-12(8-10)17-9-13(18-11)19-5/h6-9H,1-5H3. The molecule has 0 saturated carbocycles. The number of aromatic nitrogens is 2. The number of rotatable bonds is 2. The Hall–Kier alpha value is -1.66. The minimum absolute atomic E-state index is 0.349. The largest absolute Gasteiger partial charge is 0.494 e. The van der Waals surface area contributed by atoms with Gasteiger partial charge in [0.05, 0.1) is 35.5 Å². The molecule has 1 aromatic carbocycles. The van der Waals surface area contributed by atoms with Crippen LogP contribution in [0.25, 0.3) is 11.0 Å². The maximum Gasteiger partial charge on any atom is 0.494 e. The molecule has 1 saturated heterocycles. The highest BCUT2D eigenvalue weighted by atomic mass is 16.7. The van der Waals surface area contributed by atoms with Crippen LogP contribution in [0.1, 0.15) is 27.7 Å². The monoisotopic (exact) mass is 286 g/mol. The highest BCUT2D eigenvalue weighted by Crippen LogP contribution is 2.36. The number of hydrogen-bond donors (Lipinski definition) is 0. The molecule has 0 aliphatic carbocycles. The molecule has 2 aromatic rings. The maximum absolute atomic E-state index is 6.05. The summed E-state index contributed by atoms with van der Waals surface area (Å²) < 4.78 is 17.2. The zero-order valence-electron chi connectivity index (χ0n) is 13.0. The van der Waals surface area contributed by atoms with Gasteiger partial charge in [-0.2, -0.15) is 0 Å². The third kappa shape index (κ3) is 2.38. The Balaban J connectivity index is 1.96. The molecule has 0 bridgehead atoms. The van der Waals surface area contributed by atoms with Gasteiger partial charge < -0.3 is 14.0 Å². The lowest BCUT2D eigenvalue weighted by atomic mass is 9.79. The SMILES string of the molecule is COc1cnc2cc(B3OC(C)(C)C(C)(C)O3)ccc2n1. The summed E-state index contributed by atoms with van der Waals surface area (Å²) in [6, 6.07) is 5.81. The quantitative estimate of drug-likeness (QED) is 0.790. The zero-order chi connectivity index (χ0) is 15.3. The lowest BCUT2D eigenvalue weighted by Gasteiger charge is -2.32. The van der Waals surface area contributed by atoms with Crippen molar-refractivity contribution in [3.63, 3.8) is 0 Å². The van der Waals surface area contributed by atoms with E-state index in [2.05, 4.69) is 9.97 Å². The zero-order valence-corrected chi connectivity index (χ0v) is 13.0. The first-order valence-electron chi connectivity index (χ1n) is 6.99. The molecule has 0 atom stereocenters. The van der Waals surface area contributed by atoms with E-state index in [1.807, 2.05) is 45.9 Å². The van der Waals surface area contributed by atoms with Crippen molar-refractivity contribution in [2.75, 3.05) is 7.11 Å². The Bertz CT molecular complexity index is 672. The van der Waals surface area contributed by atoms with Crippen molar-refractivity contribution in [2.24, 2.45) is 0 Å². The maximum atomic E-state index is 6.05. The molecule has 2 heterocycles. The van der Waals surface area contributed by atoms with Crippen molar-refractivity contribution in [1.29, 1.82) is 0 Å². The van der Waals surface area contributed by atoms with E-state index in [1.165, 1.54) is 0 Å². The average molecular weight is 286 g/mol. The predicted octanol–water partition coefficient (Wildman–Crippen LogP) is 1.94. The predicted molar refractivity (Wildman–Crippen MR) is 81.8 cm³/mol. The fraction of sp³-hybridized carbons (Fsp3) is 0.467. The Morgan fingerprint density at radius 1 is 1.05 bits per heavy atom. The minimum Gasteiger partial charge on any atom is -0.480 e. The second-order valence-corrected chi connectivity index (χ2v) is 6.25. The first-order valence-corrected chi connectivity index (χ1v) is 6.99. The van der Waals surface area contributed by atoms with Crippen molar-refractivity contribution in [3.05, 3.63) is 24.4 Å². The smallest absolute Gasteiger partial charge is 0.480 e. The van der Waals surface area contributed by atoms with E-state index in [9.17, 15) is 0 Å². The molecule has 0 amide bonds. The van der Waals surface area contributed by atoms with Gasteiger partial charge >= 0.3 is 7.12 Å². The van der Waals surface area contributed by atoms with Crippen LogP contribution in [0, 0.1) is 0 Å². The van der Waals surface area contributed by atoms with Crippen LogP contribution >= 0.6 is 0 Å². The van der Waals surface area contributed by atoms with E-state index in [1.54, 1.807) is 13.3 Å². The highest BCUT2D eigenvalue weighted by molar-refractivity contribution is 6.62. The van der Waals surface area contributed by atoms with Gasteiger partial charge in [0.1, 0.15) is 0 Å². The van der Waals surface area contributed by atoms with Crippen molar-refractivity contribution < 1.29 is 14.0 Å². The van der Waals surface area contributed by atoms with Crippen LogP contribution in [0.15, 0.2) is 24.4 Å². The summed E-state index contributed by atoms with van der Waals surface area (Å²) in [6.45, 7) is 8.16. The Morgan fingerprint density at radius 2 is 1.71 bits per heavy atom. The van der Waals surface area contributed by atoms with Gasteiger partial charge in [0.2, 0.25) is 5.88 Å². The normalized spacial score (nSPS) is 20.0. The molecule has 3 rings (SSSR count). The van der Waals surface area contributed by atoms with Gasteiger partial charge in [-0.1, -0.05) is 6.07 Å². The summed E-state index contributed by atoms with van der Waals surface area (Å²) in [5.74, 6) is 0.505. The van der Waals surface area contributed by atoms with Crippen LogP contribution < -0.4 is 10.2 Å². The summed E-state index contributed by atoms with van der Waals surface area (Å²) >= 11 is 0. The molecule has 21 heavy (non-hydrogen) atoms. The van der Waals surface area contributed by atoms with Gasteiger partial charge in [0.25, 0.3) is 0 Å². The van der Waals surface area contributed by atoms with Crippen LogP contribution in [0.3, 0.4) is 0 Å². The second-order valence-electron chi connectivity index (χ2n) is 6.25. The molecule has 0 N–H and O–H groups in total. The van der Waals surface area contributed by atoms with Gasteiger partial charge in [0, 0.05) is 0 Å². The van der Waals surface area contributed by atoms with Gasteiger partial charge in [-0.25, -0.2) is 9.97 Å². The molecule has 1 aromatic heterocycles. The lowest BCUT2D eigenvalue weighted by molar-refractivity contribution is 0.00578. The minimum atomic E-state index is -0.386. The molecule has 5 nitrogen and oxygen atoms in total.